The number of nitrogens with zero attached hydrogens (tertiary/aromatic N) is 2. The molecule has 0 aromatic heterocycles. The molecule has 0 amide bonds. The van der Waals surface area contributed by atoms with Crippen LogP contribution in [0.5, 0.6) is 11.5 Å². The van der Waals surface area contributed by atoms with Gasteiger partial charge in [0.05, 0.1) is 5.56 Å². The second-order valence-corrected chi connectivity index (χ2v) is 6.14. The van der Waals surface area contributed by atoms with Gasteiger partial charge < -0.3 is 10.5 Å². The Hall–Kier alpha value is -3.27. The summed E-state index contributed by atoms with van der Waals surface area (Å²) < 4.78 is 85.2. The quantitative estimate of drug-likeness (QED) is 0.245. The Morgan fingerprint density at radius 3 is 2.21 bits per heavy atom. The third-order valence-electron chi connectivity index (χ3n) is 3.20. The Bertz CT molecular complexity index is 1020. The van der Waals surface area contributed by atoms with E-state index in [1.165, 1.54) is 6.07 Å². The van der Waals surface area contributed by atoms with Crippen LogP contribution in [0.15, 0.2) is 33.8 Å². The molecule has 0 bridgehead atoms. The number of rotatable bonds is 5. The van der Waals surface area contributed by atoms with Gasteiger partial charge in [0.25, 0.3) is 0 Å². The Balaban J connectivity index is 2.51. The lowest BCUT2D eigenvalue weighted by Crippen LogP contribution is -2.22. The first kappa shape index (κ1) is 22.0. The first-order valence-corrected chi connectivity index (χ1v) is 8.04. The van der Waals surface area contributed by atoms with Crippen molar-refractivity contribution in [2.24, 2.45) is 10.8 Å². The zero-order valence-corrected chi connectivity index (χ0v) is 15.4. The summed E-state index contributed by atoms with van der Waals surface area (Å²) in [5.74, 6) is -7.00. The lowest BCUT2D eigenvalue weighted by Gasteiger charge is -2.15. The van der Waals surface area contributed by atoms with E-state index < -0.39 is 57.9 Å². The van der Waals surface area contributed by atoms with Crippen LogP contribution in [0.1, 0.15) is 5.56 Å². The van der Waals surface area contributed by atoms with Crippen LogP contribution in [0, 0.1) is 34.2 Å². The van der Waals surface area contributed by atoms with E-state index in [-0.39, 0.29) is 16.6 Å². The third kappa shape index (κ3) is 5.17. The second kappa shape index (κ2) is 8.39. The maximum absolute atomic E-state index is 14.2. The fourth-order valence-electron chi connectivity index (χ4n) is 1.93. The highest BCUT2D eigenvalue weighted by Gasteiger charge is 2.33. The molecule has 2 aromatic carbocycles. The fraction of sp³-hybridized carbons (Fsp3) is 0.0625. The fourth-order valence-corrected chi connectivity index (χ4v) is 2.34. The molecule has 0 atom stereocenters. The summed E-state index contributed by atoms with van der Waals surface area (Å²) in [6.45, 7) is 0. The Morgan fingerprint density at radius 1 is 1.14 bits per heavy atom. The van der Waals surface area contributed by atoms with Crippen molar-refractivity contribution in [3.63, 3.8) is 0 Å². The highest BCUT2D eigenvalue weighted by molar-refractivity contribution is 9.10. The summed E-state index contributed by atoms with van der Waals surface area (Å²) in [6.07, 6.45) is -5.00. The molecule has 0 saturated carbocycles. The zero-order chi connectivity index (χ0) is 21.9. The van der Waals surface area contributed by atoms with E-state index in [9.17, 15) is 26.3 Å². The highest BCUT2D eigenvalue weighted by Crippen LogP contribution is 2.39. The van der Waals surface area contributed by atoms with E-state index in [0.717, 1.165) is 12.1 Å². The molecule has 0 aliphatic carbocycles. The van der Waals surface area contributed by atoms with Crippen molar-refractivity contribution in [3.05, 3.63) is 51.8 Å². The number of nitriles is 1. The average Bonchev–Trinajstić information content (AvgIpc) is 2.58. The molecule has 29 heavy (non-hydrogen) atoms. The van der Waals surface area contributed by atoms with Gasteiger partial charge in [-0.25, -0.2) is 13.2 Å². The molecule has 0 unspecified atom stereocenters. The number of halogens is 7. The molecule has 0 aliphatic rings. The lowest BCUT2D eigenvalue weighted by molar-refractivity contribution is -0.138. The van der Waals surface area contributed by atoms with Gasteiger partial charge in [0, 0.05) is 4.47 Å². The van der Waals surface area contributed by atoms with Crippen LogP contribution in [-0.4, -0.2) is 11.5 Å². The van der Waals surface area contributed by atoms with Gasteiger partial charge in [-0.3, -0.25) is 10.8 Å². The summed E-state index contributed by atoms with van der Waals surface area (Å²) in [7, 11) is 0. The number of alkyl halides is 3. The van der Waals surface area contributed by atoms with Gasteiger partial charge in [0.1, 0.15) is 11.8 Å². The number of nitrogens with one attached hydrogen (secondary N) is 2. The number of amidine groups is 1. The molecule has 0 heterocycles. The number of ether oxygens (including phenoxy) is 1. The van der Waals surface area contributed by atoms with Crippen molar-refractivity contribution < 1.29 is 31.1 Å². The van der Waals surface area contributed by atoms with Gasteiger partial charge >= 0.3 is 6.18 Å². The molecule has 152 valence electrons. The summed E-state index contributed by atoms with van der Waals surface area (Å²) in [6, 6.07) is 3.43. The molecule has 0 aliphatic heterocycles. The van der Waals surface area contributed by atoms with Gasteiger partial charge in [0.2, 0.25) is 5.71 Å². The Morgan fingerprint density at radius 2 is 1.72 bits per heavy atom. The number of anilines is 1. The highest BCUT2D eigenvalue weighted by atomic mass is 79.9. The molecule has 6 nitrogen and oxygen atoms in total. The van der Waals surface area contributed by atoms with E-state index in [1.54, 1.807) is 0 Å². The van der Waals surface area contributed by atoms with Gasteiger partial charge in [-0.15, -0.1) is 0 Å². The predicted molar refractivity (Wildman–Crippen MR) is 94.1 cm³/mol. The van der Waals surface area contributed by atoms with Crippen LogP contribution < -0.4 is 15.9 Å². The van der Waals surface area contributed by atoms with Crippen molar-refractivity contribution in [1.29, 1.82) is 10.7 Å². The van der Waals surface area contributed by atoms with Crippen molar-refractivity contribution >= 4 is 33.2 Å². The van der Waals surface area contributed by atoms with E-state index in [4.69, 9.17) is 21.1 Å². The van der Waals surface area contributed by atoms with E-state index in [2.05, 4.69) is 21.0 Å². The Labute approximate surface area is 167 Å². The number of benzene rings is 2. The summed E-state index contributed by atoms with van der Waals surface area (Å²) in [5, 5.41) is 19.3. The van der Waals surface area contributed by atoms with Crippen molar-refractivity contribution in [1.82, 2.24) is 0 Å². The largest absolute Gasteiger partial charge is 0.449 e. The molecule has 4 N–H and O–H groups in total. The second-order valence-electron chi connectivity index (χ2n) is 5.23. The van der Waals surface area contributed by atoms with E-state index in [1.807, 2.05) is 5.43 Å². The number of nitrogens with two attached hydrogens (primary N) is 1. The molecule has 0 radical (unpaired) electrons. The van der Waals surface area contributed by atoms with Crippen molar-refractivity contribution in [3.8, 4) is 17.6 Å². The Kier molecular flexibility index (Phi) is 6.38. The topological polar surface area (TPSA) is 107 Å². The normalized spacial score (nSPS) is 11.7. The standard InChI is InChI=1S/C16H8BrF6N5O/c17-7-3-8(18)13(28-27-11(5-24)15(25)26)12(4-7)29-14-9(19)1-6(2-10(14)20)16(21,22)23/h1-4,28H,(H3,25,26)/b27-11+. The van der Waals surface area contributed by atoms with Gasteiger partial charge in [0.15, 0.2) is 34.8 Å². The molecule has 2 aromatic rings. The summed E-state index contributed by atoms with van der Waals surface area (Å²) in [5.41, 5.74) is 4.29. The summed E-state index contributed by atoms with van der Waals surface area (Å²) >= 11 is 2.93. The lowest BCUT2D eigenvalue weighted by atomic mass is 10.2. The van der Waals surface area contributed by atoms with E-state index in [0.29, 0.717) is 0 Å². The SMILES string of the molecule is N#C/C(=N\Nc1c(F)cc(Br)cc1Oc1c(F)cc(C(F)(F)F)cc1F)C(=N)N. The minimum absolute atomic E-state index is 0.0154. The average molecular weight is 480 g/mol. The van der Waals surface area contributed by atoms with Crippen LogP contribution in [0.25, 0.3) is 0 Å². The molecule has 0 spiro atoms. The number of hydrogen-bond donors (Lipinski definition) is 3. The van der Waals surface area contributed by atoms with Crippen molar-refractivity contribution in [2.75, 3.05) is 5.43 Å². The molecule has 0 fully saturated rings. The maximum Gasteiger partial charge on any atom is 0.416 e. The zero-order valence-electron chi connectivity index (χ0n) is 13.8. The van der Waals surface area contributed by atoms with Crippen LogP contribution in [0.4, 0.5) is 32.0 Å². The predicted octanol–water partition coefficient (Wildman–Crippen LogP) is 4.90. The molecule has 13 heteroatoms. The van der Waals surface area contributed by atoms with Gasteiger partial charge in [-0.1, -0.05) is 15.9 Å². The van der Waals surface area contributed by atoms with Crippen LogP contribution in [0.3, 0.4) is 0 Å². The molecule has 2 rings (SSSR count). The third-order valence-corrected chi connectivity index (χ3v) is 3.65. The molecule has 0 saturated heterocycles. The number of hydrogen-bond acceptors (Lipinski definition) is 5. The summed E-state index contributed by atoms with van der Waals surface area (Å²) in [4.78, 5) is 0. The van der Waals surface area contributed by atoms with Crippen LogP contribution in [-0.2, 0) is 6.18 Å². The number of hydrazone groups is 1. The monoisotopic (exact) mass is 479 g/mol. The first-order valence-electron chi connectivity index (χ1n) is 7.25. The van der Waals surface area contributed by atoms with Gasteiger partial charge in [-0.2, -0.15) is 23.5 Å². The minimum atomic E-state index is -5.00. The minimum Gasteiger partial charge on any atom is -0.449 e. The van der Waals surface area contributed by atoms with Crippen LogP contribution in [0.2, 0.25) is 0 Å². The maximum atomic E-state index is 14.2. The molecular formula is C16H8BrF6N5O. The first-order chi connectivity index (χ1) is 13.4. The van der Waals surface area contributed by atoms with Crippen molar-refractivity contribution in [2.45, 2.75) is 6.18 Å². The smallest absolute Gasteiger partial charge is 0.416 e. The van der Waals surface area contributed by atoms with Crippen LogP contribution >= 0.6 is 15.9 Å². The molecular weight excluding hydrogens is 472 g/mol. The van der Waals surface area contributed by atoms with Gasteiger partial charge in [-0.05, 0) is 24.3 Å². The van der Waals surface area contributed by atoms with E-state index >= 15 is 0 Å².